The predicted octanol–water partition coefficient (Wildman–Crippen LogP) is 6.03. The van der Waals surface area contributed by atoms with Crippen molar-refractivity contribution in [1.82, 2.24) is 0 Å². The van der Waals surface area contributed by atoms with Gasteiger partial charge in [-0.25, -0.2) is 4.79 Å². The van der Waals surface area contributed by atoms with Gasteiger partial charge in [0.2, 0.25) is 0 Å². The number of alkyl halides is 17. The van der Waals surface area contributed by atoms with Gasteiger partial charge in [0.05, 0.1) is 0 Å². The average Bonchev–Trinajstić information content (AvgIpc) is 2.51. The summed E-state index contributed by atoms with van der Waals surface area (Å²) in [6.07, 6.45) is -11.8. The number of halogens is 17. The molecule has 0 rings (SSSR count). The van der Waals surface area contributed by atoms with E-state index in [1.165, 1.54) is 0 Å². The van der Waals surface area contributed by atoms with Crippen LogP contribution in [0.3, 0.4) is 0 Å². The molecule has 0 aromatic rings. The summed E-state index contributed by atoms with van der Waals surface area (Å²) in [4.78, 5) is 9.98. The second-order valence-electron chi connectivity index (χ2n) is 5.59. The molecule has 0 aliphatic rings. The summed E-state index contributed by atoms with van der Waals surface area (Å²) < 4.78 is 219. The molecule has 0 aromatic heterocycles. The van der Waals surface area contributed by atoms with Crippen LogP contribution < -0.4 is 0 Å². The van der Waals surface area contributed by atoms with E-state index in [9.17, 15) is 79.4 Å². The predicted molar refractivity (Wildman–Crippen MR) is 62.1 cm³/mol. The quantitative estimate of drug-likeness (QED) is 0.308. The molecular formula is C12H5F17O2. The van der Waals surface area contributed by atoms with Crippen LogP contribution in [0.5, 0.6) is 0 Å². The van der Waals surface area contributed by atoms with Crippen LogP contribution >= 0.6 is 0 Å². The first-order chi connectivity index (χ1) is 13.2. The summed E-state index contributed by atoms with van der Waals surface area (Å²) in [5.41, 5.74) is 0. The van der Waals surface area contributed by atoms with Gasteiger partial charge in [0.25, 0.3) is 0 Å². The molecule has 0 radical (unpaired) electrons. The van der Waals surface area contributed by atoms with Gasteiger partial charge in [-0.2, -0.15) is 74.6 Å². The van der Waals surface area contributed by atoms with Crippen LogP contribution in [0.1, 0.15) is 6.42 Å². The molecule has 2 nitrogen and oxygen atoms in total. The molecular weight excluding hydrogens is 499 g/mol. The van der Waals surface area contributed by atoms with Crippen molar-refractivity contribution in [2.45, 2.75) is 54.1 Å². The number of carboxylic acid groups (broad SMARTS) is 1. The van der Waals surface area contributed by atoms with E-state index in [0.29, 0.717) is 0 Å². The summed E-state index contributed by atoms with van der Waals surface area (Å²) in [6.45, 7) is 0. The van der Waals surface area contributed by atoms with E-state index in [2.05, 4.69) is 0 Å². The molecule has 0 aliphatic heterocycles. The molecule has 0 saturated carbocycles. The Bertz CT molecular complexity index is 702. The smallest absolute Gasteiger partial charge is 0.460 e. The zero-order chi connectivity index (χ0) is 25.7. The minimum absolute atomic E-state index is 0.451. The molecule has 0 unspecified atom stereocenters. The Balaban J connectivity index is 6.59. The molecule has 19 heteroatoms. The Morgan fingerprint density at radius 2 is 0.839 bits per heavy atom. The van der Waals surface area contributed by atoms with E-state index in [-0.39, 0.29) is 0 Å². The first-order valence-corrected chi connectivity index (χ1v) is 6.77. The third-order valence-corrected chi connectivity index (χ3v) is 3.42. The van der Waals surface area contributed by atoms with Crippen LogP contribution in [0, 0.1) is 0 Å². The van der Waals surface area contributed by atoms with E-state index in [1.54, 1.807) is 0 Å². The molecule has 184 valence electrons. The first-order valence-electron chi connectivity index (χ1n) is 6.77. The third kappa shape index (κ3) is 4.10. The van der Waals surface area contributed by atoms with Gasteiger partial charge in [-0.15, -0.1) is 0 Å². The van der Waals surface area contributed by atoms with Crippen molar-refractivity contribution in [2.75, 3.05) is 0 Å². The molecule has 31 heavy (non-hydrogen) atoms. The van der Waals surface area contributed by atoms with Crippen LogP contribution in [-0.4, -0.2) is 58.7 Å². The first kappa shape index (κ1) is 29.0. The van der Waals surface area contributed by atoms with E-state index in [4.69, 9.17) is 5.11 Å². The van der Waals surface area contributed by atoms with Gasteiger partial charge in [0, 0.05) is 12.5 Å². The van der Waals surface area contributed by atoms with Crippen molar-refractivity contribution >= 4 is 5.97 Å². The summed E-state index contributed by atoms with van der Waals surface area (Å²) in [5.74, 6) is -59.1. The van der Waals surface area contributed by atoms with Crippen LogP contribution in [0.25, 0.3) is 0 Å². The maximum absolute atomic E-state index is 13.3. The number of hydrogen-bond acceptors (Lipinski definition) is 1. The molecule has 0 aliphatic carbocycles. The van der Waals surface area contributed by atoms with Crippen molar-refractivity contribution < 1.29 is 84.5 Å². The van der Waals surface area contributed by atoms with E-state index in [1.807, 2.05) is 0 Å². The molecule has 0 bridgehead atoms. The van der Waals surface area contributed by atoms with E-state index in [0.717, 1.165) is 0 Å². The highest BCUT2D eigenvalue weighted by Crippen LogP contribution is 2.64. The summed E-state index contributed by atoms with van der Waals surface area (Å²) in [6, 6.07) is 0. The fraction of sp³-hybridized carbons (Fsp3) is 0.750. The second kappa shape index (κ2) is 7.56. The number of carboxylic acids is 1. The number of rotatable bonds is 9. The molecule has 0 spiro atoms. The van der Waals surface area contributed by atoms with Gasteiger partial charge in [-0.1, -0.05) is 6.08 Å². The molecule has 0 atom stereocenters. The SMILES string of the molecule is O=C(O)/C=C/CC(F)(F)C(F)(F)C(F)(F)C(F)(F)C(F)(F)C(F)(F)C(F)(F)C(F)(F)F. The number of carbonyl (C=O) groups is 1. The fourth-order valence-electron chi connectivity index (χ4n) is 1.63. The van der Waals surface area contributed by atoms with Crippen molar-refractivity contribution in [2.24, 2.45) is 0 Å². The van der Waals surface area contributed by atoms with Crippen molar-refractivity contribution in [3.8, 4) is 0 Å². The summed E-state index contributed by atoms with van der Waals surface area (Å²) in [7, 11) is 0. The Hall–Kier alpha value is -1.98. The molecule has 0 saturated heterocycles. The lowest BCUT2D eigenvalue weighted by Crippen LogP contribution is -2.74. The number of hydrogen-bond donors (Lipinski definition) is 1. The third-order valence-electron chi connectivity index (χ3n) is 3.42. The Kier molecular flexibility index (Phi) is 7.08. The summed E-state index contributed by atoms with van der Waals surface area (Å²) >= 11 is 0. The van der Waals surface area contributed by atoms with E-state index >= 15 is 0 Å². The zero-order valence-electron chi connectivity index (χ0n) is 13.6. The number of aliphatic carboxylic acids is 1. The molecule has 1 N–H and O–H groups in total. The summed E-state index contributed by atoms with van der Waals surface area (Å²) in [5, 5.41) is 8.01. The molecule has 0 amide bonds. The highest BCUT2D eigenvalue weighted by Gasteiger charge is 2.95. The number of allylic oxidation sites excluding steroid dienone is 1. The normalized spacial score (nSPS) is 16.2. The zero-order valence-corrected chi connectivity index (χ0v) is 13.6. The van der Waals surface area contributed by atoms with Crippen LogP contribution in [0.4, 0.5) is 74.6 Å². The Labute approximate surface area is 158 Å². The van der Waals surface area contributed by atoms with Gasteiger partial charge in [-0.3, -0.25) is 0 Å². The Morgan fingerprint density at radius 3 is 1.13 bits per heavy atom. The lowest BCUT2D eigenvalue weighted by Gasteiger charge is -2.42. The highest BCUT2D eigenvalue weighted by molar-refractivity contribution is 5.79. The molecule has 0 heterocycles. The van der Waals surface area contributed by atoms with Crippen molar-refractivity contribution in [1.29, 1.82) is 0 Å². The van der Waals surface area contributed by atoms with Crippen LogP contribution in [0.2, 0.25) is 0 Å². The van der Waals surface area contributed by atoms with Gasteiger partial charge in [0.15, 0.2) is 0 Å². The Morgan fingerprint density at radius 1 is 0.548 bits per heavy atom. The highest BCUT2D eigenvalue weighted by atomic mass is 19.4. The van der Waals surface area contributed by atoms with Gasteiger partial charge >= 0.3 is 53.6 Å². The average molecular weight is 504 g/mol. The maximum atomic E-state index is 13.3. The van der Waals surface area contributed by atoms with Gasteiger partial charge < -0.3 is 5.11 Å². The largest absolute Gasteiger partial charge is 0.478 e. The topological polar surface area (TPSA) is 37.3 Å². The standard InChI is InChI=1S/C12H5F17O2/c13-5(14,3-1-2-4(30)31)6(15,16)7(17,18)8(19,20)9(21,22)10(23,24)11(25,26)12(27,28)29/h1-2H,3H2,(H,30,31)/b2-1+. The second-order valence-corrected chi connectivity index (χ2v) is 5.59. The van der Waals surface area contributed by atoms with Gasteiger partial charge in [-0.05, 0) is 0 Å². The van der Waals surface area contributed by atoms with Crippen molar-refractivity contribution in [3.05, 3.63) is 12.2 Å². The molecule has 0 aromatic carbocycles. The minimum Gasteiger partial charge on any atom is -0.478 e. The lowest BCUT2D eigenvalue weighted by atomic mass is 9.88. The lowest BCUT2D eigenvalue weighted by molar-refractivity contribution is -0.461. The van der Waals surface area contributed by atoms with Gasteiger partial charge in [0.1, 0.15) is 0 Å². The van der Waals surface area contributed by atoms with Crippen LogP contribution in [0.15, 0.2) is 12.2 Å². The fourth-order valence-corrected chi connectivity index (χ4v) is 1.63. The monoisotopic (exact) mass is 504 g/mol. The van der Waals surface area contributed by atoms with Crippen LogP contribution in [-0.2, 0) is 4.79 Å². The van der Waals surface area contributed by atoms with Crippen molar-refractivity contribution in [3.63, 3.8) is 0 Å². The van der Waals surface area contributed by atoms with E-state index < -0.39 is 72.2 Å². The maximum Gasteiger partial charge on any atom is 0.460 e. The minimum atomic E-state index is -8.68. The molecule has 0 fully saturated rings.